The summed E-state index contributed by atoms with van der Waals surface area (Å²) in [4.78, 5) is 10.8. The fourth-order valence-electron chi connectivity index (χ4n) is 1.03. The van der Waals surface area contributed by atoms with Crippen molar-refractivity contribution in [2.24, 2.45) is 0 Å². The smallest absolute Gasteiger partial charge is 0.308 e. The van der Waals surface area contributed by atoms with Crippen molar-refractivity contribution >= 4 is 17.6 Å². The van der Waals surface area contributed by atoms with Gasteiger partial charge in [-0.2, -0.15) is 5.26 Å². The molecule has 0 heterocycles. The molecule has 0 aliphatic rings. The molecule has 0 saturated heterocycles. The van der Waals surface area contributed by atoms with Crippen LogP contribution in [0.5, 0.6) is 5.75 Å². The molecule has 84 valence electrons. The van der Waals surface area contributed by atoms with Gasteiger partial charge in [0.25, 0.3) is 0 Å². The maximum absolute atomic E-state index is 10.8. The maximum Gasteiger partial charge on any atom is 0.308 e. The van der Waals surface area contributed by atoms with E-state index in [2.05, 4.69) is 4.74 Å². The van der Waals surface area contributed by atoms with Crippen LogP contribution in [0.3, 0.4) is 0 Å². The van der Waals surface area contributed by atoms with Crippen molar-refractivity contribution < 1.29 is 14.3 Å². The van der Waals surface area contributed by atoms with E-state index >= 15 is 0 Å². The standard InChI is InChI=1S/C11H10ClNO3/c1-15-11(14)4-5-16-9-3-2-8(7-13)10(12)6-9/h2-3,6H,4-5H2,1H3. The van der Waals surface area contributed by atoms with E-state index < -0.39 is 0 Å². The highest BCUT2D eigenvalue weighted by atomic mass is 35.5. The van der Waals surface area contributed by atoms with Crippen LogP contribution in [0.25, 0.3) is 0 Å². The van der Waals surface area contributed by atoms with Gasteiger partial charge in [0.2, 0.25) is 0 Å². The minimum Gasteiger partial charge on any atom is -0.493 e. The van der Waals surface area contributed by atoms with Crippen molar-refractivity contribution in [3.8, 4) is 11.8 Å². The molecule has 1 rings (SSSR count). The first-order chi connectivity index (χ1) is 7.67. The van der Waals surface area contributed by atoms with Gasteiger partial charge in [0, 0.05) is 6.07 Å². The van der Waals surface area contributed by atoms with Crippen molar-refractivity contribution in [2.45, 2.75) is 6.42 Å². The Kier molecular flexibility index (Phi) is 4.62. The van der Waals surface area contributed by atoms with Crippen LogP contribution in [0.4, 0.5) is 0 Å². The summed E-state index contributed by atoms with van der Waals surface area (Å²) in [5.41, 5.74) is 0.391. The Balaban J connectivity index is 2.53. The van der Waals surface area contributed by atoms with Crippen LogP contribution in [0.15, 0.2) is 18.2 Å². The number of hydrogen-bond acceptors (Lipinski definition) is 4. The third kappa shape index (κ3) is 3.44. The summed E-state index contributed by atoms with van der Waals surface area (Å²) in [6, 6.07) is 6.68. The van der Waals surface area contributed by atoms with Crippen molar-refractivity contribution in [3.63, 3.8) is 0 Å². The van der Waals surface area contributed by atoms with E-state index in [9.17, 15) is 4.79 Å². The van der Waals surface area contributed by atoms with E-state index in [1.807, 2.05) is 6.07 Å². The zero-order valence-electron chi connectivity index (χ0n) is 8.70. The Morgan fingerprint density at radius 2 is 2.31 bits per heavy atom. The highest BCUT2D eigenvalue weighted by Crippen LogP contribution is 2.21. The van der Waals surface area contributed by atoms with Gasteiger partial charge in [0.1, 0.15) is 11.8 Å². The van der Waals surface area contributed by atoms with Crippen LogP contribution in [0.1, 0.15) is 12.0 Å². The first-order valence-electron chi connectivity index (χ1n) is 4.56. The summed E-state index contributed by atoms with van der Waals surface area (Å²) in [6.45, 7) is 0.217. The van der Waals surface area contributed by atoms with Crippen molar-refractivity contribution in [1.29, 1.82) is 5.26 Å². The molecule has 0 aliphatic carbocycles. The molecule has 1 aromatic rings. The Labute approximate surface area is 98.3 Å². The number of methoxy groups -OCH3 is 1. The maximum atomic E-state index is 10.8. The van der Waals surface area contributed by atoms with Crippen molar-refractivity contribution in [3.05, 3.63) is 28.8 Å². The number of nitriles is 1. The van der Waals surface area contributed by atoms with Crippen LogP contribution < -0.4 is 4.74 Å². The lowest BCUT2D eigenvalue weighted by atomic mass is 10.2. The second-order valence-corrected chi connectivity index (χ2v) is 3.34. The molecule has 0 N–H and O–H groups in total. The third-order valence-electron chi connectivity index (χ3n) is 1.86. The number of nitrogens with zero attached hydrogens (tertiary/aromatic N) is 1. The van der Waals surface area contributed by atoms with E-state index in [1.165, 1.54) is 13.2 Å². The van der Waals surface area contributed by atoms with Gasteiger partial charge in [-0.05, 0) is 12.1 Å². The Morgan fingerprint density at radius 1 is 1.56 bits per heavy atom. The van der Waals surface area contributed by atoms with Gasteiger partial charge in [-0.1, -0.05) is 11.6 Å². The van der Waals surface area contributed by atoms with E-state index in [1.54, 1.807) is 12.1 Å². The Hall–Kier alpha value is -1.73. The number of rotatable bonds is 4. The zero-order valence-corrected chi connectivity index (χ0v) is 9.45. The number of carbonyl (C=O) groups excluding carboxylic acids is 1. The molecule has 16 heavy (non-hydrogen) atoms. The summed E-state index contributed by atoms with van der Waals surface area (Å²) in [5.74, 6) is 0.188. The normalized spacial score (nSPS) is 9.31. The number of carbonyl (C=O) groups is 1. The molecule has 0 aromatic heterocycles. The molecule has 0 amide bonds. The predicted octanol–water partition coefficient (Wildman–Crippen LogP) is 2.15. The number of hydrogen-bond donors (Lipinski definition) is 0. The molecule has 0 atom stereocenters. The molecule has 0 spiro atoms. The topological polar surface area (TPSA) is 59.3 Å². The van der Waals surface area contributed by atoms with E-state index in [4.69, 9.17) is 21.6 Å². The molecule has 0 fully saturated rings. The van der Waals surface area contributed by atoms with E-state index in [0.717, 1.165) is 0 Å². The van der Waals surface area contributed by atoms with Gasteiger partial charge in [0.05, 0.1) is 30.7 Å². The lowest BCUT2D eigenvalue weighted by Crippen LogP contribution is -2.07. The molecule has 4 nitrogen and oxygen atoms in total. The molecule has 0 bridgehead atoms. The van der Waals surface area contributed by atoms with Crippen molar-refractivity contribution in [2.75, 3.05) is 13.7 Å². The quantitative estimate of drug-likeness (QED) is 0.756. The summed E-state index contributed by atoms with van der Waals surface area (Å²) in [7, 11) is 1.32. The molecular formula is C11H10ClNO3. The van der Waals surface area contributed by atoms with Crippen LogP contribution in [0.2, 0.25) is 5.02 Å². The molecular weight excluding hydrogens is 230 g/mol. The van der Waals surface area contributed by atoms with Gasteiger partial charge in [0.15, 0.2) is 0 Å². The van der Waals surface area contributed by atoms with Gasteiger partial charge >= 0.3 is 5.97 Å². The summed E-state index contributed by atoms with van der Waals surface area (Å²) in [5, 5.41) is 8.99. The zero-order chi connectivity index (χ0) is 12.0. The molecule has 0 aliphatic heterocycles. The third-order valence-corrected chi connectivity index (χ3v) is 2.18. The predicted molar refractivity (Wildman–Crippen MR) is 58.3 cm³/mol. The van der Waals surface area contributed by atoms with Crippen LogP contribution >= 0.6 is 11.6 Å². The average molecular weight is 240 g/mol. The summed E-state index contributed by atoms with van der Waals surface area (Å²) in [6.07, 6.45) is 0.175. The number of benzene rings is 1. The van der Waals surface area contributed by atoms with E-state index in [-0.39, 0.29) is 19.0 Å². The fraction of sp³-hybridized carbons (Fsp3) is 0.273. The van der Waals surface area contributed by atoms with Gasteiger partial charge < -0.3 is 9.47 Å². The minimum atomic E-state index is -0.334. The van der Waals surface area contributed by atoms with Gasteiger partial charge in [-0.15, -0.1) is 0 Å². The summed E-state index contributed by atoms with van der Waals surface area (Å²) >= 11 is 5.80. The summed E-state index contributed by atoms with van der Waals surface area (Å²) < 4.78 is 9.72. The SMILES string of the molecule is COC(=O)CCOc1ccc(C#N)c(Cl)c1. The first kappa shape index (κ1) is 12.3. The molecule has 5 heteroatoms. The number of halogens is 1. The molecule has 0 unspecified atom stereocenters. The lowest BCUT2D eigenvalue weighted by Gasteiger charge is -2.05. The van der Waals surface area contributed by atoms with Gasteiger partial charge in [-0.3, -0.25) is 4.79 Å². The highest BCUT2D eigenvalue weighted by molar-refractivity contribution is 6.31. The fourth-order valence-corrected chi connectivity index (χ4v) is 1.24. The minimum absolute atomic E-state index is 0.175. The average Bonchev–Trinajstić information content (AvgIpc) is 2.29. The van der Waals surface area contributed by atoms with Crippen LogP contribution in [-0.4, -0.2) is 19.7 Å². The molecule has 1 aromatic carbocycles. The molecule has 0 saturated carbocycles. The van der Waals surface area contributed by atoms with Crippen LogP contribution in [-0.2, 0) is 9.53 Å². The highest BCUT2D eigenvalue weighted by Gasteiger charge is 2.03. The Bertz CT molecular complexity index is 426. The number of ether oxygens (including phenoxy) is 2. The largest absolute Gasteiger partial charge is 0.493 e. The van der Waals surface area contributed by atoms with Crippen LogP contribution in [0, 0.1) is 11.3 Å². The van der Waals surface area contributed by atoms with E-state index in [0.29, 0.717) is 16.3 Å². The van der Waals surface area contributed by atoms with Crippen molar-refractivity contribution in [1.82, 2.24) is 0 Å². The Morgan fingerprint density at radius 3 is 2.88 bits per heavy atom. The number of esters is 1. The van der Waals surface area contributed by atoms with Gasteiger partial charge in [-0.25, -0.2) is 0 Å². The molecule has 0 radical (unpaired) electrons. The monoisotopic (exact) mass is 239 g/mol. The lowest BCUT2D eigenvalue weighted by molar-refractivity contribution is -0.141. The first-order valence-corrected chi connectivity index (χ1v) is 4.94. The second-order valence-electron chi connectivity index (χ2n) is 2.93. The second kappa shape index (κ2) is 5.99.